The van der Waals surface area contributed by atoms with E-state index in [0.29, 0.717) is 0 Å². The van der Waals surface area contributed by atoms with E-state index in [2.05, 4.69) is 58.9 Å². The van der Waals surface area contributed by atoms with E-state index in [4.69, 9.17) is 5.73 Å². The summed E-state index contributed by atoms with van der Waals surface area (Å²) in [6, 6.07) is 8.75. The molecule has 0 atom stereocenters. The minimum atomic E-state index is 0.819. The van der Waals surface area contributed by atoms with Gasteiger partial charge in [0.05, 0.1) is 0 Å². The molecule has 0 spiro atoms. The molecule has 2 N–H and O–H groups in total. The van der Waals surface area contributed by atoms with E-state index in [1.807, 2.05) is 0 Å². The maximum absolute atomic E-state index is 5.03. The van der Waals surface area contributed by atoms with Gasteiger partial charge in [-0.05, 0) is 50.8 Å². The van der Waals surface area contributed by atoms with Gasteiger partial charge in [0.25, 0.3) is 0 Å². The maximum Gasteiger partial charge on any atom is -0.00643 e. The molecule has 0 amide bonds. The highest BCUT2D eigenvalue weighted by atomic mass is 14.5. The van der Waals surface area contributed by atoms with E-state index in [0.717, 1.165) is 25.8 Å². The third-order valence-corrected chi connectivity index (χ3v) is 3.55. The van der Waals surface area contributed by atoms with Gasteiger partial charge in [-0.3, -0.25) is 0 Å². The van der Waals surface area contributed by atoms with Gasteiger partial charge in [-0.1, -0.05) is 69.0 Å². The second-order valence-corrected chi connectivity index (χ2v) is 5.47. The minimum absolute atomic E-state index is 0.819. The Morgan fingerprint density at radius 2 is 1.15 bits per heavy atom. The second kappa shape index (κ2) is 11.7. The zero-order valence-corrected chi connectivity index (χ0v) is 14.1. The molecule has 114 valence electrons. The van der Waals surface area contributed by atoms with Gasteiger partial charge < -0.3 is 5.73 Å². The Morgan fingerprint density at radius 3 is 1.40 bits per heavy atom. The van der Waals surface area contributed by atoms with Crippen molar-refractivity contribution in [3.63, 3.8) is 0 Å². The van der Waals surface area contributed by atoms with Crippen LogP contribution < -0.4 is 5.73 Å². The fourth-order valence-electron chi connectivity index (χ4n) is 1.78. The van der Waals surface area contributed by atoms with Crippen molar-refractivity contribution in [2.75, 3.05) is 6.54 Å². The first-order valence-electron chi connectivity index (χ1n) is 8.02. The Balaban J connectivity index is 0.000000380. The number of hydrogen-bond acceptors (Lipinski definition) is 1. The number of allylic oxidation sites excluding steroid dienone is 2. The molecule has 1 aliphatic carbocycles. The van der Waals surface area contributed by atoms with Gasteiger partial charge in [0.2, 0.25) is 0 Å². The average Bonchev–Trinajstić information content (AvgIpc) is 2.49. The van der Waals surface area contributed by atoms with Gasteiger partial charge in [0.1, 0.15) is 0 Å². The van der Waals surface area contributed by atoms with Crippen LogP contribution in [0.5, 0.6) is 0 Å². The van der Waals surface area contributed by atoms with Crippen LogP contribution in [0, 0.1) is 0 Å². The van der Waals surface area contributed by atoms with E-state index < -0.39 is 0 Å². The molecular weight excluding hydrogens is 242 g/mol. The molecule has 1 aliphatic rings. The molecule has 20 heavy (non-hydrogen) atoms. The van der Waals surface area contributed by atoms with Gasteiger partial charge >= 0.3 is 0 Å². The molecule has 0 aromatic heterocycles. The molecule has 0 aliphatic heterocycles. The summed E-state index contributed by atoms with van der Waals surface area (Å²) in [6.07, 6.45) is 6.05. The molecule has 1 nitrogen and oxygen atoms in total. The molecule has 1 aromatic rings. The number of unbranched alkanes of at least 4 members (excludes halogenated alkanes) is 1. The maximum atomic E-state index is 5.03. The molecule has 0 saturated heterocycles. The quantitative estimate of drug-likeness (QED) is 0.730. The van der Waals surface area contributed by atoms with Crippen LogP contribution in [-0.2, 0) is 12.8 Å². The first-order valence-corrected chi connectivity index (χ1v) is 8.02. The third kappa shape index (κ3) is 7.49. The molecule has 0 radical (unpaired) electrons. The normalized spacial score (nSPS) is 12.7. The van der Waals surface area contributed by atoms with Crippen molar-refractivity contribution >= 4 is 0 Å². The lowest BCUT2D eigenvalue weighted by Gasteiger charge is -2.18. The molecule has 1 aromatic carbocycles. The standard InChI is InChI=1S/C12H14.C4H10.C3H9N/c1-9-7-11-5-3-4-6-12(11)8-10(9)2;1-3-4-2;1-2-3-4/h3-6H,7-8H2,1-2H3;3-4H2,1-2H3;2-4H2,1H3. The van der Waals surface area contributed by atoms with Crippen LogP contribution in [0.1, 0.15) is 65.0 Å². The average molecular weight is 275 g/mol. The summed E-state index contributed by atoms with van der Waals surface area (Å²) in [4.78, 5) is 0. The summed E-state index contributed by atoms with van der Waals surface area (Å²) in [7, 11) is 0. The Hall–Kier alpha value is -1.08. The fourth-order valence-corrected chi connectivity index (χ4v) is 1.78. The fraction of sp³-hybridized carbons (Fsp3) is 0.579. The van der Waals surface area contributed by atoms with Gasteiger partial charge in [-0.2, -0.15) is 0 Å². The lowest BCUT2D eigenvalue weighted by molar-refractivity contribution is 0.886. The van der Waals surface area contributed by atoms with Gasteiger partial charge in [0.15, 0.2) is 0 Å². The van der Waals surface area contributed by atoms with E-state index in [-0.39, 0.29) is 0 Å². The van der Waals surface area contributed by atoms with Gasteiger partial charge in [-0.15, -0.1) is 0 Å². The summed E-state index contributed by atoms with van der Waals surface area (Å²) >= 11 is 0. The van der Waals surface area contributed by atoms with Crippen LogP contribution in [0.4, 0.5) is 0 Å². The molecule has 2 rings (SSSR count). The summed E-state index contributed by atoms with van der Waals surface area (Å²) in [6.45, 7) is 11.7. The van der Waals surface area contributed by atoms with Crippen molar-refractivity contribution in [1.29, 1.82) is 0 Å². The smallest absolute Gasteiger partial charge is 0.00643 e. The highest BCUT2D eigenvalue weighted by molar-refractivity contribution is 5.39. The Morgan fingerprint density at radius 1 is 0.800 bits per heavy atom. The minimum Gasteiger partial charge on any atom is -0.330 e. The second-order valence-electron chi connectivity index (χ2n) is 5.47. The topological polar surface area (TPSA) is 26.0 Å². The number of rotatable bonds is 2. The van der Waals surface area contributed by atoms with Crippen LogP contribution in [0.15, 0.2) is 35.4 Å². The lowest BCUT2D eigenvalue weighted by Crippen LogP contribution is -2.04. The number of fused-ring (bicyclic) bond motifs is 1. The van der Waals surface area contributed by atoms with Crippen molar-refractivity contribution in [2.45, 2.75) is 66.7 Å². The monoisotopic (exact) mass is 275 g/mol. The van der Waals surface area contributed by atoms with Crippen molar-refractivity contribution < 1.29 is 0 Å². The van der Waals surface area contributed by atoms with E-state index in [1.54, 1.807) is 11.1 Å². The summed E-state index contributed by atoms with van der Waals surface area (Å²) in [5.41, 5.74) is 11.2. The van der Waals surface area contributed by atoms with E-state index in [1.165, 1.54) is 24.0 Å². The number of hydrogen-bond donors (Lipinski definition) is 1. The Labute approximate surface area is 126 Å². The summed E-state index contributed by atoms with van der Waals surface area (Å²) in [5, 5.41) is 0. The Bertz CT molecular complexity index is 350. The zero-order chi connectivity index (χ0) is 15.4. The van der Waals surface area contributed by atoms with Gasteiger partial charge in [0, 0.05) is 0 Å². The predicted molar refractivity (Wildman–Crippen MR) is 92.2 cm³/mol. The first-order chi connectivity index (χ1) is 9.60. The molecule has 0 unspecified atom stereocenters. The van der Waals surface area contributed by atoms with Crippen molar-refractivity contribution in [1.82, 2.24) is 0 Å². The highest BCUT2D eigenvalue weighted by Gasteiger charge is 2.10. The molecule has 1 heteroatoms. The van der Waals surface area contributed by atoms with Gasteiger partial charge in [-0.25, -0.2) is 0 Å². The van der Waals surface area contributed by atoms with Crippen LogP contribution >= 0.6 is 0 Å². The van der Waals surface area contributed by atoms with E-state index >= 15 is 0 Å². The van der Waals surface area contributed by atoms with Crippen LogP contribution in [-0.4, -0.2) is 6.54 Å². The number of nitrogens with two attached hydrogens (primary N) is 1. The van der Waals surface area contributed by atoms with Crippen molar-refractivity contribution in [3.05, 3.63) is 46.5 Å². The predicted octanol–water partition coefficient (Wildman–Crippen LogP) is 5.28. The van der Waals surface area contributed by atoms with Crippen molar-refractivity contribution in [2.24, 2.45) is 5.73 Å². The lowest BCUT2D eigenvalue weighted by atomic mass is 9.88. The first kappa shape index (κ1) is 18.9. The van der Waals surface area contributed by atoms with E-state index in [9.17, 15) is 0 Å². The SMILES string of the molecule is CC1=C(C)Cc2ccccc2C1.CCCC.CCCN. The zero-order valence-electron chi connectivity index (χ0n) is 14.1. The molecule has 0 saturated carbocycles. The Kier molecular flexibility index (Phi) is 11.1. The third-order valence-electron chi connectivity index (χ3n) is 3.55. The van der Waals surface area contributed by atoms with Crippen LogP contribution in [0.2, 0.25) is 0 Å². The highest BCUT2D eigenvalue weighted by Crippen LogP contribution is 2.24. The number of benzene rings is 1. The molecule has 0 fully saturated rings. The van der Waals surface area contributed by atoms with Crippen molar-refractivity contribution in [3.8, 4) is 0 Å². The molecular formula is C19H33N. The molecule has 0 heterocycles. The largest absolute Gasteiger partial charge is 0.330 e. The summed E-state index contributed by atoms with van der Waals surface area (Å²) < 4.78 is 0. The van der Waals surface area contributed by atoms with Crippen LogP contribution in [0.25, 0.3) is 0 Å². The van der Waals surface area contributed by atoms with Crippen LogP contribution in [0.3, 0.4) is 0 Å². The summed E-state index contributed by atoms with van der Waals surface area (Å²) in [5.74, 6) is 0. The molecule has 0 bridgehead atoms.